The first-order valence-electron chi connectivity index (χ1n) is 7.51. The third-order valence-corrected chi connectivity index (χ3v) is 3.60. The molecule has 3 rings (SSSR count). The fourth-order valence-corrected chi connectivity index (χ4v) is 2.34. The van der Waals surface area contributed by atoms with Crippen LogP contribution in [0.1, 0.15) is 16.1 Å². The van der Waals surface area contributed by atoms with Gasteiger partial charge < -0.3 is 15.0 Å². The van der Waals surface area contributed by atoms with Gasteiger partial charge in [-0.3, -0.25) is 4.79 Å². The summed E-state index contributed by atoms with van der Waals surface area (Å²) in [5, 5.41) is 2.57. The molecule has 1 saturated heterocycles. The standard InChI is InChI=1S/C16H16F2N4O2/c17-11-1-2-13(14(18)9-11)15(23)20-10-12-3-4-19-16(21-12)22-5-7-24-8-6-22/h1-4,9H,5-8,10H2,(H,20,23). The fourth-order valence-electron chi connectivity index (χ4n) is 2.34. The monoisotopic (exact) mass is 334 g/mol. The van der Waals surface area contributed by atoms with Crippen LogP contribution in [0.25, 0.3) is 0 Å². The van der Waals surface area contributed by atoms with Crippen molar-refractivity contribution in [2.45, 2.75) is 6.54 Å². The molecule has 0 aliphatic carbocycles. The maximum atomic E-state index is 13.6. The lowest BCUT2D eigenvalue weighted by atomic mass is 10.2. The Bertz CT molecular complexity index is 736. The summed E-state index contributed by atoms with van der Waals surface area (Å²) in [6.45, 7) is 2.77. The topological polar surface area (TPSA) is 67.4 Å². The van der Waals surface area contributed by atoms with Crippen molar-refractivity contribution in [3.63, 3.8) is 0 Å². The number of anilines is 1. The van der Waals surface area contributed by atoms with Gasteiger partial charge >= 0.3 is 0 Å². The predicted molar refractivity (Wildman–Crippen MR) is 82.6 cm³/mol. The average molecular weight is 334 g/mol. The second kappa shape index (κ2) is 7.31. The molecule has 8 heteroatoms. The average Bonchev–Trinajstić information content (AvgIpc) is 2.61. The van der Waals surface area contributed by atoms with E-state index in [0.717, 1.165) is 12.1 Å². The molecule has 6 nitrogen and oxygen atoms in total. The largest absolute Gasteiger partial charge is 0.378 e. The number of morpholine rings is 1. The lowest BCUT2D eigenvalue weighted by Crippen LogP contribution is -2.37. The van der Waals surface area contributed by atoms with E-state index in [1.54, 1.807) is 12.3 Å². The van der Waals surface area contributed by atoms with Crippen molar-refractivity contribution in [3.8, 4) is 0 Å². The van der Waals surface area contributed by atoms with Crippen LogP contribution in [0.3, 0.4) is 0 Å². The van der Waals surface area contributed by atoms with Gasteiger partial charge in [0.15, 0.2) is 0 Å². The first-order valence-corrected chi connectivity index (χ1v) is 7.51. The molecule has 0 spiro atoms. The van der Waals surface area contributed by atoms with E-state index in [4.69, 9.17) is 4.74 Å². The highest BCUT2D eigenvalue weighted by molar-refractivity contribution is 5.94. The maximum absolute atomic E-state index is 13.6. The molecule has 1 aromatic heterocycles. The van der Waals surface area contributed by atoms with Gasteiger partial charge in [-0.1, -0.05) is 0 Å². The molecule has 24 heavy (non-hydrogen) atoms. The third-order valence-electron chi connectivity index (χ3n) is 3.60. The van der Waals surface area contributed by atoms with Gasteiger partial charge in [-0.25, -0.2) is 18.7 Å². The van der Waals surface area contributed by atoms with Gasteiger partial charge in [0.1, 0.15) is 11.6 Å². The summed E-state index contributed by atoms with van der Waals surface area (Å²) in [4.78, 5) is 22.6. The van der Waals surface area contributed by atoms with E-state index in [2.05, 4.69) is 15.3 Å². The Kier molecular flexibility index (Phi) is 4.95. The SMILES string of the molecule is O=C(NCc1ccnc(N2CCOCC2)n1)c1ccc(F)cc1F. The van der Waals surface area contributed by atoms with E-state index in [9.17, 15) is 13.6 Å². The van der Waals surface area contributed by atoms with Crippen molar-refractivity contribution in [3.05, 3.63) is 53.4 Å². The molecule has 1 amide bonds. The minimum atomic E-state index is -0.899. The number of aromatic nitrogens is 2. The second-order valence-corrected chi connectivity index (χ2v) is 5.25. The molecule has 0 unspecified atom stereocenters. The second-order valence-electron chi connectivity index (χ2n) is 5.25. The zero-order chi connectivity index (χ0) is 16.9. The molecule has 126 valence electrons. The lowest BCUT2D eigenvalue weighted by molar-refractivity contribution is 0.0946. The normalized spacial score (nSPS) is 14.5. The van der Waals surface area contributed by atoms with E-state index in [1.807, 2.05) is 4.90 Å². The molecule has 0 radical (unpaired) electrons. The summed E-state index contributed by atoms with van der Waals surface area (Å²) in [5.41, 5.74) is 0.390. The summed E-state index contributed by atoms with van der Waals surface area (Å²) in [7, 11) is 0. The van der Waals surface area contributed by atoms with Gasteiger partial charge in [0.05, 0.1) is 31.0 Å². The van der Waals surface area contributed by atoms with E-state index < -0.39 is 17.5 Å². The van der Waals surface area contributed by atoms with Crippen molar-refractivity contribution >= 4 is 11.9 Å². The number of halogens is 2. The number of hydrogen-bond acceptors (Lipinski definition) is 5. The van der Waals surface area contributed by atoms with Crippen LogP contribution in [0.4, 0.5) is 14.7 Å². The molecule has 0 saturated carbocycles. The summed E-state index contributed by atoms with van der Waals surface area (Å²) in [6, 6.07) is 4.50. The van der Waals surface area contributed by atoms with E-state index in [-0.39, 0.29) is 12.1 Å². The van der Waals surface area contributed by atoms with Crippen LogP contribution in [0.5, 0.6) is 0 Å². The quantitative estimate of drug-likeness (QED) is 0.918. The molecule has 1 fully saturated rings. The molecule has 1 aliphatic rings. The van der Waals surface area contributed by atoms with E-state index in [1.165, 1.54) is 0 Å². The van der Waals surface area contributed by atoms with Crippen LogP contribution >= 0.6 is 0 Å². The zero-order valence-electron chi connectivity index (χ0n) is 12.8. The highest BCUT2D eigenvalue weighted by Gasteiger charge is 2.15. The van der Waals surface area contributed by atoms with Crippen molar-refractivity contribution in [2.75, 3.05) is 31.2 Å². The minimum absolute atomic E-state index is 0.121. The number of benzene rings is 1. The summed E-state index contributed by atoms with van der Waals surface area (Å²) >= 11 is 0. The number of nitrogens with zero attached hydrogens (tertiary/aromatic N) is 3. The Hall–Kier alpha value is -2.61. The first-order chi connectivity index (χ1) is 11.6. The molecule has 2 heterocycles. The molecule has 1 aromatic carbocycles. The van der Waals surface area contributed by atoms with Crippen LogP contribution < -0.4 is 10.2 Å². The maximum Gasteiger partial charge on any atom is 0.254 e. The number of carbonyl (C=O) groups excluding carboxylic acids is 1. The summed E-state index contributed by atoms with van der Waals surface area (Å²) in [6.07, 6.45) is 1.61. The minimum Gasteiger partial charge on any atom is -0.378 e. The lowest BCUT2D eigenvalue weighted by Gasteiger charge is -2.26. The first kappa shape index (κ1) is 16.3. The van der Waals surface area contributed by atoms with Crippen molar-refractivity contribution in [1.82, 2.24) is 15.3 Å². The van der Waals surface area contributed by atoms with Gasteiger partial charge in [-0.05, 0) is 18.2 Å². The van der Waals surface area contributed by atoms with E-state index >= 15 is 0 Å². The van der Waals surface area contributed by atoms with E-state index in [0.29, 0.717) is 44.0 Å². The Morgan fingerprint density at radius 1 is 1.25 bits per heavy atom. The van der Waals surface area contributed by atoms with Gasteiger partial charge in [0.2, 0.25) is 5.95 Å². The Morgan fingerprint density at radius 3 is 2.79 bits per heavy atom. The highest BCUT2D eigenvalue weighted by atomic mass is 19.1. The number of ether oxygens (including phenoxy) is 1. The Labute approximate surface area is 137 Å². The van der Waals surface area contributed by atoms with Crippen molar-refractivity contribution in [1.29, 1.82) is 0 Å². The summed E-state index contributed by atoms with van der Waals surface area (Å²) < 4.78 is 31.8. The van der Waals surface area contributed by atoms with Crippen LogP contribution in [-0.2, 0) is 11.3 Å². The van der Waals surface area contributed by atoms with Crippen LogP contribution in [-0.4, -0.2) is 42.2 Å². The number of amides is 1. The smallest absolute Gasteiger partial charge is 0.254 e. The molecular formula is C16H16F2N4O2. The molecule has 1 aliphatic heterocycles. The molecule has 2 aromatic rings. The summed E-state index contributed by atoms with van der Waals surface area (Å²) in [5.74, 6) is -1.68. The van der Waals surface area contributed by atoms with Gasteiger partial charge in [0, 0.05) is 25.4 Å². The zero-order valence-corrected chi connectivity index (χ0v) is 12.8. The highest BCUT2D eigenvalue weighted by Crippen LogP contribution is 2.11. The molecule has 1 N–H and O–H groups in total. The van der Waals surface area contributed by atoms with Gasteiger partial charge in [-0.2, -0.15) is 0 Å². The van der Waals surface area contributed by atoms with Crippen molar-refractivity contribution < 1.29 is 18.3 Å². The Balaban J connectivity index is 1.64. The molecular weight excluding hydrogens is 318 g/mol. The molecule has 0 atom stereocenters. The van der Waals surface area contributed by atoms with Crippen molar-refractivity contribution in [2.24, 2.45) is 0 Å². The van der Waals surface area contributed by atoms with Crippen LogP contribution in [0.15, 0.2) is 30.5 Å². The van der Waals surface area contributed by atoms with Crippen LogP contribution in [0, 0.1) is 11.6 Å². The van der Waals surface area contributed by atoms with Gasteiger partial charge in [0.25, 0.3) is 5.91 Å². The van der Waals surface area contributed by atoms with Crippen LogP contribution in [0.2, 0.25) is 0 Å². The number of rotatable bonds is 4. The van der Waals surface area contributed by atoms with Gasteiger partial charge in [-0.15, -0.1) is 0 Å². The third kappa shape index (κ3) is 3.83. The number of hydrogen-bond donors (Lipinski definition) is 1. The molecule has 0 bridgehead atoms. The fraction of sp³-hybridized carbons (Fsp3) is 0.312. The number of carbonyl (C=O) groups is 1. The predicted octanol–water partition coefficient (Wildman–Crippen LogP) is 1.52. The number of nitrogens with one attached hydrogen (secondary N) is 1. The Morgan fingerprint density at radius 2 is 2.04 bits per heavy atom.